The maximum atomic E-state index is 5.69. The van der Waals surface area contributed by atoms with Crippen LogP contribution in [0.1, 0.15) is 12.8 Å². The molecule has 1 aliphatic heterocycles. The highest BCUT2D eigenvalue weighted by Gasteiger charge is 2.20. The first-order chi connectivity index (χ1) is 8.78. The zero-order valence-electron chi connectivity index (χ0n) is 11.0. The van der Waals surface area contributed by atoms with Crippen molar-refractivity contribution >= 4 is 5.69 Å². The molecule has 1 unspecified atom stereocenters. The van der Waals surface area contributed by atoms with Crippen molar-refractivity contribution in [2.45, 2.75) is 18.9 Å². The van der Waals surface area contributed by atoms with Crippen molar-refractivity contribution in [3.63, 3.8) is 0 Å². The number of anilines is 1. The van der Waals surface area contributed by atoms with Gasteiger partial charge in [-0.25, -0.2) is 0 Å². The molecule has 0 aromatic heterocycles. The molecule has 1 heterocycles. The van der Waals surface area contributed by atoms with E-state index in [1.807, 2.05) is 24.3 Å². The van der Waals surface area contributed by atoms with Gasteiger partial charge in [-0.3, -0.25) is 0 Å². The SMILES string of the molecule is COC1CCN(CCCOc2cccc(N)c2)C1. The van der Waals surface area contributed by atoms with Crippen LogP contribution in [0.5, 0.6) is 5.75 Å². The Morgan fingerprint density at radius 3 is 3.06 bits per heavy atom. The van der Waals surface area contributed by atoms with Crippen LogP contribution >= 0.6 is 0 Å². The van der Waals surface area contributed by atoms with E-state index < -0.39 is 0 Å². The molecule has 4 heteroatoms. The van der Waals surface area contributed by atoms with E-state index in [1.54, 1.807) is 7.11 Å². The van der Waals surface area contributed by atoms with E-state index in [-0.39, 0.29) is 0 Å². The molecular weight excluding hydrogens is 228 g/mol. The highest BCUT2D eigenvalue weighted by molar-refractivity contribution is 5.43. The molecule has 1 saturated heterocycles. The number of ether oxygens (including phenoxy) is 2. The van der Waals surface area contributed by atoms with Gasteiger partial charge in [0.1, 0.15) is 5.75 Å². The van der Waals surface area contributed by atoms with Crippen LogP contribution in [0, 0.1) is 0 Å². The average Bonchev–Trinajstić information content (AvgIpc) is 2.83. The van der Waals surface area contributed by atoms with Crippen molar-refractivity contribution in [1.82, 2.24) is 4.90 Å². The van der Waals surface area contributed by atoms with Gasteiger partial charge in [0.2, 0.25) is 0 Å². The summed E-state index contributed by atoms with van der Waals surface area (Å²) in [5.74, 6) is 0.853. The lowest BCUT2D eigenvalue weighted by Gasteiger charge is -2.15. The Morgan fingerprint density at radius 2 is 2.33 bits per heavy atom. The Bertz CT molecular complexity index is 371. The van der Waals surface area contributed by atoms with Gasteiger partial charge < -0.3 is 20.1 Å². The molecule has 2 rings (SSSR count). The molecule has 0 amide bonds. The second kappa shape index (κ2) is 6.61. The summed E-state index contributed by atoms with van der Waals surface area (Å²) in [4.78, 5) is 2.43. The molecule has 1 fully saturated rings. The molecule has 1 aromatic carbocycles. The van der Waals surface area contributed by atoms with Crippen LogP contribution in [0.15, 0.2) is 24.3 Å². The molecule has 2 N–H and O–H groups in total. The Morgan fingerprint density at radius 1 is 1.44 bits per heavy atom. The number of nitrogens with two attached hydrogens (primary N) is 1. The summed E-state index contributed by atoms with van der Waals surface area (Å²) in [5, 5.41) is 0. The number of hydrogen-bond donors (Lipinski definition) is 1. The van der Waals surface area contributed by atoms with Gasteiger partial charge in [-0.1, -0.05) is 6.07 Å². The maximum Gasteiger partial charge on any atom is 0.121 e. The molecule has 1 atom stereocenters. The van der Waals surface area contributed by atoms with Gasteiger partial charge in [0, 0.05) is 38.5 Å². The van der Waals surface area contributed by atoms with E-state index in [2.05, 4.69) is 4.90 Å². The summed E-state index contributed by atoms with van der Waals surface area (Å²) < 4.78 is 11.0. The standard InChI is InChI=1S/C14H22N2O2/c1-17-14-6-8-16(11-14)7-3-9-18-13-5-2-4-12(15)10-13/h2,4-5,10,14H,3,6-9,11,15H2,1H3. The molecule has 0 radical (unpaired) electrons. The lowest BCUT2D eigenvalue weighted by Crippen LogP contribution is -2.25. The summed E-state index contributed by atoms with van der Waals surface area (Å²) in [6, 6.07) is 7.57. The van der Waals surface area contributed by atoms with E-state index in [4.69, 9.17) is 15.2 Å². The van der Waals surface area contributed by atoms with Crippen LogP contribution in [0.2, 0.25) is 0 Å². The Balaban J connectivity index is 1.62. The highest BCUT2D eigenvalue weighted by atomic mass is 16.5. The zero-order valence-corrected chi connectivity index (χ0v) is 11.0. The van der Waals surface area contributed by atoms with Crippen molar-refractivity contribution in [1.29, 1.82) is 0 Å². The van der Waals surface area contributed by atoms with E-state index >= 15 is 0 Å². The number of rotatable bonds is 6. The van der Waals surface area contributed by atoms with Crippen LogP contribution in [0.4, 0.5) is 5.69 Å². The quantitative estimate of drug-likeness (QED) is 0.617. The monoisotopic (exact) mass is 250 g/mol. The first kappa shape index (κ1) is 13.2. The summed E-state index contributed by atoms with van der Waals surface area (Å²) in [7, 11) is 1.79. The minimum absolute atomic E-state index is 0.417. The largest absolute Gasteiger partial charge is 0.493 e. The van der Waals surface area contributed by atoms with Gasteiger partial charge >= 0.3 is 0 Å². The van der Waals surface area contributed by atoms with Crippen LogP contribution in [0.3, 0.4) is 0 Å². The van der Waals surface area contributed by atoms with Crippen molar-refractivity contribution in [2.75, 3.05) is 39.1 Å². The smallest absolute Gasteiger partial charge is 0.121 e. The summed E-state index contributed by atoms with van der Waals surface area (Å²) in [6.45, 7) is 3.99. The molecular formula is C14H22N2O2. The number of benzene rings is 1. The highest BCUT2D eigenvalue weighted by Crippen LogP contribution is 2.15. The zero-order chi connectivity index (χ0) is 12.8. The van der Waals surface area contributed by atoms with E-state index in [1.165, 1.54) is 0 Å². The fourth-order valence-electron chi connectivity index (χ4n) is 2.28. The van der Waals surface area contributed by atoms with Gasteiger partial charge in [0.05, 0.1) is 12.7 Å². The normalized spacial score (nSPS) is 20.2. The molecule has 100 valence electrons. The van der Waals surface area contributed by atoms with Gasteiger partial charge in [0.15, 0.2) is 0 Å². The van der Waals surface area contributed by atoms with E-state index in [0.29, 0.717) is 6.10 Å². The first-order valence-corrected chi connectivity index (χ1v) is 6.51. The van der Waals surface area contributed by atoms with Crippen LogP contribution in [-0.2, 0) is 4.74 Å². The molecule has 1 aliphatic rings. The van der Waals surface area contributed by atoms with Crippen LogP contribution < -0.4 is 10.5 Å². The fraction of sp³-hybridized carbons (Fsp3) is 0.571. The Labute approximate surface area is 109 Å². The number of likely N-dealkylation sites (tertiary alicyclic amines) is 1. The third-order valence-corrected chi connectivity index (χ3v) is 3.31. The number of hydrogen-bond acceptors (Lipinski definition) is 4. The Hall–Kier alpha value is -1.26. The first-order valence-electron chi connectivity index (χ1n) is 6.51. The van der Waals surface area contributed by atoms with Crippen molar-refractivity contribution < 1.29 is 9.47 Å². The van der Waals surface area contributed by atoms with Crippen LogP contribution in [0.25, 0.3) is 0 Å². The van der Waals surface area contributed by atoms with Gasteiger partial charge in [0.25, 0.3) is 0 Å². The Kier molecular flexibility index (Phi) is 4.84. The third-order valence-electron chi connectivity index (χ3n) is 3.31. The predicted octanol–water partition coefficient (Wildman–Crippen LogP) is 1.76. The topological polar surface area (TPSA) is 47.7 Å². The molecule has 1 aromatic rings. The third kappa shape index (κ3) is 3.89. The van der Waals surface area contributed by atoms with Crippen molar-refractivity contribution in [3.8, 4) is 5.75 Å². The lowest BCUT2D eigenvalue weighted by atomic mass is 10.3. The van der Waals surface area contributed by atoms with Gasteiger partial charge in [-0.05, 0) is 25.0 Å². The average molecular weight is 250 g/mol. The van der Waals surface area contributed by atoms with Crippen LogP contribution in [-0.4, -0.2) is 44.4 Å². The van der Waals surface area contributed by atoms with Gasteiger partial charge in [-0.2, -0.15) is 0 Å². The minimum Gasteiger partial charge on any atom is -0.493 e. The number of nitrogen functional groups attached to an aromatic ring is 1. The number of methoxy groups -OCH3 is 1. The number of nitrogens with zero attached hydrogens (tertiary/aromatic N) is 1. The second-order valence-electron chi connectivity index (χ2n) is 4.72. The summed E-state index contributed by atoms with van der Waals surface area (Å²) in [5.41, 5.74) is 6.44. The summed E-state index contributed by atoms with van der Waals surface area (Å²) in [6.07, 6.45) is 2.59. The lowest BCUT2D eigenvalue weighted by molar-refractivity contribution is 0.107. The van der Waals surface area contributed by atoms with E-state index in [0.717, 1.165) is 50.5 Å². The molecule has 0 aliphatic carbocycles. The van der Waals surface area contributed by atoms with Crippen molar-refractivity contribution in [2.24, 2.45) is 0 Å². The van der Waals surface area contributed by atoms with Crippen molar-refractivity contribution in [3.05, 3.63) is 24.3 Å². The molecule has 4 nitrogen and oxygen atoms in total. The van der Waals surface area contributed by atoms with E-state index in [9.17, 15) is 0 Å². The fourth-order valence-corrected chi connectivity index (χ4v) is 2.28. The summed E-state index contributed by atoms with van der Waals surface area (Å²) >= 11 is 0. The molecule has 18 heavy (non-hydrogen) atoms. The second-order valence-corrected chi connectivity index (χ2v) is 4.72. The minimum atomic E-state index is 0.417. The maximum absolute atomic E-state index is 5.69. The molecule has 0 saturated carbocycles. The molecule has 0 spiro atoms. The molecule has 0 bridgehead atoms. The van der Waals surface area contributed by atoms with Gasteiger partial charge in [-0.15, -0.1) is 0 Å². The predicted molar refractivity (Wildman–Crippen MR) is 72.8 cm³/mol.